The third kappa shape index (κ3) is 3.67. The van der Waals surface area contributed by atoms with Gasteiger partial charge in [-0.1, -0.05) is 0 Å². The molecule has 0 aromatic rings. The largest absolute Gasteiger partial charge is 0.326 e. The van der Waals surface area contributed by atoms with Gasteiger partial charge in [-0.2, -0.15) is 0 Å². The minimum absolute atomic E-state index is 0.0629. The van der Waals surface area contributed by atoms with E-state index in [9.17, 15) is 9.59 Å². The third-order valence-corrected chi connectivity index (χ3v) is 3.93. The van der Waals surface area contributed by atoms with Crippen LogP contribution in [0.25, 0.3) is 0 Å². The first-order valence-corrected chi connectivity index (χ1v) is 7.04. The molecule has 0 N–H and O–H groups in total. The summed E-state index contributed by atoms with van der Waals surface area (Å²) < 4.78 is 0. The Balaban J connectivity index is 1.62. The van der Waals surface area contributed by atoms with Crippen LogP contribution in [0.5, 0.6) is 0 Å². The molecule has 0 aromatic heterocycles. The lowest BCUT2D eigenvalue weighted by atomic mass is 10.2. The summed E-state index contributed by atoms with van der Waals surface area (Å²) in [7, 11) is 3.82. The Morgan fingerprint density at radius 2 is 1.58 bits per heavy atom. The van der Waals surface area contributed by atoms with Gasteiger partial charge < -0.3 is 14.7 Å². The first-order chi connectivity index (χ1) is 9.08. The number of amides is 3. The van der Waals surface area contributed by atoms with E-state index in [1.807, 2.05) is 0 Å². The smallest absolute Gasteiger partial charge is 0.318 e. The van der Waals surface area contributed by atoms with Crippen LogP contribution in [-0.2, 0) is 4.79 Å². The number of piperazine rings is 1. The van der Waals surface area contributed by atoms with E-state index in [4.69, 9.17) is 0 Å². The van der Waals surface area contributed by atoms with E-state index >= 15 is 0 Å². The summed E-state index contributed by atoms with van der Waals surface area (Å²) in [5, 5.41) is 0. The van der Waals surface area contributed by atoms with Gasteiger partial charge in [-0.05, 0) is 26.4 Å². The highest BCUT2D eigenvalue weighted by atomic mass is 16.2. The zero-order valence-corrected chi connectivity index (χ0v) is 12.0. The summed E-state index contributed by atoms with van der Waals surface area (Å²) in [5.74, 6) is -0.0629. The van der Waals surface area contributed by atoms with Gasteiger partial charge in [-0.15, -0.1) is 0 Å². The lowest BCUT2D eigenvalue weighted by Gasteiger charge is -2.32. The lowest BCUT2D eigenvalue weighted by Crippen LogP contribution is -2.44. The third-order valence-electron chi connectivity index (χ3n) is 3.93. The van der Waals surface area contributed by atoms with Crippen LogP contribution in [0.15, 0.2) is 0 Å². The summed E-state index contributed by atoms with van der Waals surface area (Å²) in [4.78, 5) is 30.9. The van der Waals surface area contributed by atoms with Gasteiger partial charge in [0.15, 0.2) is 0 Å². The van der Waals surface area contributed by atoms with Crippen LogP contribution < -0.4 is 0 Å². The molecule has 0 saturated carbocycles. The normalized spacial score (nSPS) is 22.6. The summed E-state index contributed by atoms with van der Waals surface area (Å²) in [6.45, 7) is 6.39. The van der Waals surface area contributed by atoms with Crippen LogP contribution in [0.2, 0.25) is 0 Å². The van der Waals surface area contributed by atoms with Crippen LogP contribution >= 0.6 is 0 Å². The molecular formula is C13H24N4O2. The van der Waals surface area contributed by atoms with E-state index in [1.165, 1.54) is 9.80 Å². The average Bonchev–Trinajstić information content (AvgIpc) is 2.62. The first kappa shape index (κ1) is 14.3. The Hall–Kier alpha value is -1.14. The van der Waals surface area contributed by atoms with Gasteiger partial charge >= 0.3 is 6.03 Å². The molecule has 2 aliphatic rings. The van der Waals surface area contributed by atoms with Crippen LogP contribution in [0.3, 0.4) is 0 Å². The Morgan fingerprint density at radius 3 is 2.16 bits per heavy atom. The van der Waals surface area contributed by atoms with E-state index in [0.717, 1.165) is 45.6 Å². The summed E-state index contributed by atoms with van der Waals surface area (Å²) in [6.07, 6.45) is 1.95. The highest BCUT2D eigenvalue weighted by molar-refractivity contribution is 6.01. The summed E-state index contributed by atoms with van der Waals surface area (Å²) >= 11 is 0. The van der Waals surface area contributed by atoms with Crippen molar-refractivity contribution in [2.45, 2.75) is 12.8 Å². The lowest BCUT2D eigenvalue weighted by molar-refractivity contribution is -0.125. The quantitative estimate of drug-likeness (QED) is 0.516. The molecule has 6 heteroatoms. The number of hydrogen-bond donors (Lipinski definition) is 0. The Labute approximate surface area is 114 Å². The number of nitrogens with zero attached hydrogens (tertiary/aromatic N) is 4. The molecule has 2 rings (SSSR count). The van der Waals surface area contributed by atoms with Gasteiger partial charge in [0.1, 0.15) is 6.54 Å². The molecule has 0 atom stereocenters. The molecule has 19 heavy (non-hydrogen) atoms. The average molecular weight is 268 g/mol. The predicted octanol–water partition coefficient (Wildman–Crippen LogP) is -0.0920. The molecule has 0 spiro atoms. The van der Waals surface area contributed by atoms with E-state index < -0.39 is 0 Å². The maximum Gasteiger partial charge on any atom is 0.326 e. The zero-order chi connectivity index (χ0) is 13.8. The molecule has 108 valence electrons. The maximum absolute atomic E-state index is 11.7. The second-order valence-electron chi connectivity index (χ2n) is 5.54. The zero-order valence-electron chi connectivity index (χ0n) is 12.0. The van der Waals surface area contributed by atoms with Crippen molar-refractivity contribution in [1.29, 1.82) is 0 Å². The Kier molecular flexibility index (Phi) is 4.76. The standard InChI is InChI=1S/C13H24N4O2/c1-14-7-9-16(10-8-14)5-3-4-6-17-12(18)11-15(2)13(17)19/h3-11H2,1-2H3. The molecule has 0 bridgehead atoms. The Bertz CT molecular complexity index is 340. The van der Waals surface area contributed by atoms with Crippen LogP contribution in [0.1, 0.15) is 12.8 Å². The van der Waals surface area contributed by atoms with Gasteiger partial charge in [-0.25, -0.2) is 4.79 Å². The second kappa shape index (κ2) is 6.34. The number of likely N-dealkylation sites (N-methyl/N-ethyl adjacent to an activating group) is 2. The summed E-state index contributed by atoms with van der Waals surface area (Å²) in [5.41, 5.74) is 0. The fourth-order valence-electron chi connectivity index (χ4n) is 2.57. The monoisotopic (exact) mass is 268 g/mol. The van der Waals surface area contributed by atoms with Crippen molar-refractivity contribution in [2.75, 3.05) is 59.9 Å². The number of rotatable bonds is 5. The fraction of sp³-hybridized carbons (Fsp3) is 0.846. The molecule has 2 fully saturated rings. The number of carbonyl (C=O) groups is 2. The highest BCUT2D eigenvalue weighted by Crippen LogP contribution is 2.09. The molecule has 0 aromatic carbocycles. The molecule has 6 nitrogen and oxygen atoms in total. The minimum atomic E-state index is -0.149. The van der Waals surface area contributed by atoms with Gasteiger partial charge in [-0.3, -0.25) is 9.69 Å². The number of unbranched alkanes of at least 4 members (excludes halogenated alkanes) is 1. The van der Waals surface area contributed by atoms with E-state index in [0.29, 0.717) is 6.54 Å². The molecule has 2 saturated heterocycles. The van der Waals surface area contributed by atoms with Gasteiger partial charge in [0.2, 0.25) is 5.91 Å². The van der Waals surface area contributed by atoms with Crippen molar-refractivity contribution in [2.24, 2.45) is 0 Å². The number of hydrogen-bond acceptors (Lipinski definition) is 4. The van der Waals surface area contributed by atoms with E-state index in [-0.39, 0.29) is 18.5 Å². The molecule has 0 unspecified atom stereocenters. The van der Waals surface area contributed by atoms with Crippen molar-refractivity contribution >= 4 is 11.9 Å². The predicted molar refractivity (Wildman–Crippen MR) is 72.9 cm³/mol. The van der Waals surface area contributed by atoms with E-state index in [1.54, 1.807) is 7.05 Å². The minimum Gasteiger partial charge on any atom is -0.318 e. The molecule has 0 radical (unpaired) electrons. The van der Waals surface area contributed by atoms with Crippen molar-refractivity contribution in [1.82, 2.24) is 19.6 Å². The van der Waals surface area contributed by atoms with Gasteiger partial charge in [0.25, 0.3) is 0 Å². The van der Waals surface area contributed by atoms with Crippen molar-refractivity contribution in [3.05, 3.63) is 0 Å². The number of urea groups is 1. The molecule has 2 aliphatic heterocycles. The van der Waals surface area contributed by atoms with Gasteiger partial charge in [0, 0.05) is 39.8 Å². The van der Waals surface area contributed by atoms with Gasteiger partial charge in [0.05, 0.1) is 0 Å². The highest BCUT2D eigenvalue weighted by Gasteiger charge is 2.32. The number of carbonyl (C=O) groups excluding carboxylic acids is 2. The molecule has 0 aliphatic carbocycles. The summed E-state index contributed by atoms with van der Waals surface area (Å²) in [6, 6.07) is -0.149. The molecular weight excluding hydrogens is 244 g/mol. The van der Waals surface area contributed by atoms with Crippen molar-refractivity contribution in [3.8, 4) is 0 Å². The SMILES string of the molecule is CN1CCN(CCCCN2C(=O)CN(C)C2=O)CC1. The van der Waals surface area contributed by atoms with Crippen LogP contribution in [-0.4, -0.2) is 91.4 Å². The second-order valence-corrected chi connectivity index (χ2v) is 5.54. The van der Waals surface area contributed by atoms with E-state index in [2.05, 4.69) is 16.8 Å². The van der Waals surface area contributed by atoms with Crippen molar-refractivity contribution in [3.63, 3.8) is 0 Å². The molecule has 2 heterocycles. The first-order valence-electron chi connectivity index (χ1n) is 7.04. The topological polar surface area (TPSA) is 47.1 Å². The van der Waals surface area contributed by atoms with Crippen molar-refractivity contribution < 1.29 is 9.59 Å². The maximum atomic E-state index is 11.7. The number of imide groups is 1. The molecule has 3 amide bonds. The van der Waals surface area contributed by atoms with Crippen LogP contribution in [0.4, 0.5) is 4.79 Å². The Morgan fingerprint density at radius 1 is 0.947 bits per heavy atom. The fourth-order valence-corrected chi connectivity index (χ4v) is 2.57. The van der Waals surface area contributed by atoms with Crippen LogP contribution in [0, 0.1) is 0 Å².